The van der Waals surface area contributed by atoms with Gasteiger partial charge in [0.2, 0.25) is 5.90 Å². The molecule has 1 aliphatic heterocycles. The molecule has 0 spiro atoms. The van der Waals surface area contributed by atoms with Crippen LogP contribution in [0.4, 0.5) is 5.69 Å². The van der Waals surface area contributed by atoms with Crippen molar-refractivity contribution in [3.05, 3.63) is 142 Å². The van der Waals surface area contributed by atoms with Crippen LogP contribution in [0.2, 0.25) is 0 Å². The Bertz CT molecular complexity index is 1810. The van der Waals surface area contributed by atoms with Crippen LogP contribution >= 0.6 is 0 Å². The van der Waals surface area contributed by atoms with Crippen molar-refractivity contribution in [1.82, 2.24) is 5.32 Å². The summed E-state index contributed by atoms with van der Waals surface area (Å²) in [5.41, 5.74) is 10.4. The van der Waals surface area contributed by atoms with Gasteiger partial charge < -0.3 is 24.6 Å². The predicted molar refractivity (Wildman–Crippen MR) is 195 cm³/mol. The van der Waals surface area contributed by atoms with Crippen LogP contribution in [0.3, 0.4) is 0 Å². The number of nitrogens with one attached hydrogen (secondary N) is 1. The van der Waals surface area contributed by atoms with E-state index in [9.17, 15) is 15.1 Å². The lowest BCUT2D eigenvalue weighted by Crippen LogP contribution is -2.49. The van der Waals surface area contributed by atoms with Gasteiger partial charge in [0.25, 0.3) is 5.91 Å². The van der Waals surface area contributed by atoms with Crippen molar-refractivity contribution in [1.29, 1.82) is 0 Å². The summed E-state index contributed by atoms with van der Waals surface area (Å²) in [6, 6.07) is 33.7. The van der Waals surface area contributed by atoms with E-state index in [0.717, 1.165) is 11.1 Å². The number of rotatable bonds is 15. The van der Waals surface area contributed by atoms with E-state index in [0.29, 0.717) is 29.9 Å². The highest BCUT2D eigenvalue weighted by Crippen LogP contribution is 2.46. The topological polar surface area (TPSA) is 155 Å². The van der Waals surface area contributed by atoms with E-state index >= 15 is 0 Å². The lowest BCUT2D eigenvalue weighted by Gasteiger charge is -2.32. The summed E-state index contributed by atoms with van der Waals surface area (Å²) in [4.78, 5) is 36.1. The molecule has 0 unspecified atom stereocenters. The Morgan fingerprint density at radius 3 is 2.20 bits per heavy atom. The second-order valence-electron chi connectivity index (χ2n) is 13.2. The molecule has 264 valence electrons. The molecule has 0 aromatic heterocycles. The summed E-state index contributed by atoms with van der Waals surface area (Å²) in [5, 5.41) is 16.2. The predicted octanol–water partition coefficient (Wildman–Crippen LogP) is 7.72. The lowest BCUT2D eigenvalue weighted by atomic mass is 9.82. The molecule has 1 aliphatic rings. The molecule has 4 aromatic carbocycles. The molecule has 0 radical (unpaired) electrons. The molecule has 0 saturated carbocycles. The molecule has 2 N–H and O–H groups in total. The minimum atomic E-state index is -1.67. The first-order chi connectivity index (χ1) is 24.6. The maximum absolute atomic E-state index is 14.9. The van der Waals surface area contributed by atoms with E-state index in [1.165, 1.54) is 0 Å². The van der Waals surface area contributed by atoms with Crippen LogP contribution in [0.15, 0.2) is 119 Å². The summed E-state index contributed by atoms with van der Waals surface area (Å²) >= 11 is 0. The van der Waals surface area contributed by atoms with Crippen molar-refractivity contribution in [2.45, 2.75) is 63.2 Å². The van der Waals surface area contributed by atoms with E-state index in [2.05, 4.69) is 15.3 Å². The molecule has 2 atom stereocenters. The molecular formula is C40H43N5O6. The third kappa shape index (κ3) is 9.33. The molecule has 11 heteroatoms. The Hall–Kier alpha value is -5.64. The number of ether oxygens (including phenoxy) is 3. The Morgan fingerprint density at radius 2 is 1.59 bits per heavy atom. The van der Waals surface area contributed by atoms with Crippen LogP contribution in [0.25, 0.3) is 10.4 Å². The summed E-state index contributed by atoms with van der Waals surface area (Å²) < 4.78 is 17.9. The quantitative estimate of drug-likeness (QED) is 0.0428. The highest BCUT2D eigenvalue weighted by atomic mass is 16.6. The van der Waals surface area contributed by atoms with Gasteiger partial charge in [0, 0.05) is 53.6 Å². The van der Waals surface area contributed by atoms with Crippen molar-refractivity contribution in [2.75, 3.05) is 19.8 Å². The van der Waals surface area contributed by atoms with Crippen LogP contribution in [0.1, 0.15) is 74.3 Å². The third-order valence-corrected chi connectivity index (χ3v) is 8.40. The largest absolute Gasteiger partial charge is 0.494 e. The van der Waals surface area contributed by atoms with Gasteiger partial charge >= 0.3 is 5.97 Å². The molecule has 0 aliphatic carbocycles. The zero-order chi connectivity index (χ0) is 36.3. The Labute approximate surface area is 297 Å². The van der Waals surface area contributed by atoms with Crippen LogP contribution < -0.4 is 10.1 Å². The summed E-state index contributed by atoms with van der Waals surface area (Å²) in [7, 11) is 0. The van der Waals surface area contributed by atoms with E-state index < -0.39 is 29.1 Å². The zero-order valence-electron chi connectivity index (χ0n) is 29.1. The molecule has 0 fully saturated rings. The number of benzene rings is 4. The van der Waals surface area contributed by atoms with Gasteiger partial charge in [0.1, 0.15) is 11.4 Å². The molecular weight excluding hydrogens is 646 g/mol. The number of nitrogens with zero attached hydrogens (tertiary/aromatic N) is 4. The first-order valence-electron chi connectivity index (χ1n) is 17.0. The molecule has 1 heterocycles. The number of azide groups is 1. The molecule has 4 aromatic rings. The van der Waals surface area contributed by atoms with Crippen LogP contribution in [0.5, 0.6) is 5.75 Å². The van der Waals surface area contributed by atoms with E-state index in [1.54, 1.807) is 69.3 Å². The van der Waals surface area contributed by atoms with Crippen LogP contribution in [-0.2, 0) is 19.1 Å². The average molecular weight is 690 g/mol. The normalized spacial score (nSPS) is 16.8. The van der Waals surface area contributed by atoms with Crippen LogP contribution in [0, 0.1) is 0 Å². The van der Waals surface area contributed by atoms with Gasteiger partial charge in [0.05, 0.1) is 6.61 Å². The summed E-state index contributed by atoms with van der Waals surface area (Å²) in [5.74, 6) is -0.353. The molecule has 0 saturated heterocycles. The number of aliphatic imine (C=N–C) groups is 1. The first kappa shape index (κ1) is 36.6. The maximum atomic E-state index is 14.9. The molecule has 5 rings (SSSR count). The van der Waals surface area contributed by atoms with Gasteiger partial charge in [-0.25, -0.2) is 4.99 Å². The molecule has 11 nitrogen and oxygen atoms in total. The van der Waals surface area contributed by atoms with Gasteiger partial charge in [-0.05, 0) is 68.1 Å². The summed E-state index contributed by atoms with van der Waals surface area (Å²) in [6.45, 7) is 5.96. The number of aliphatic hydroxyl groups excluding tert-OH is 1. The smallest absolute Gasteiger partial charge is 0.306 e. The summed E-state index contributed by atoms with van der Waals surface area (Å²) in [6.07, 6.45) is -0.766. The third-order valence-electron chi connectivity index (χ3n) is 8.40. The number of hydrogen-bond acceptors (Lipinski definition) is 8. The zero-order valence-corrected chi connectivity index (χ0v) is 29.1. The van der Waals surface area contributed by atoms with Gasteiger partial charge in [0.15, 0.2) is 11.6 Å². The fourth-order valence-electron chi connectivity index (χ4n) is 6.03. The highest BCUT2D eigenvalue weighted by molar-refractivity contribution is 6.01. The monoisotopic (exact) mass is 689 g/mol. The van der Waals surface area contributed by atoms with E-state index in [4.69, 9.17) is 24.3 Å². The van der Waals surface area contributed by atoms with Crippen molar-refractivity contribution in [3.63, 3.8) is 0 Å². The van der Waals surface area contributed by atoms with Crippen molar-refractivity contribution in [3.8, 4) is 5.75 Å². The molecule has 0 bridgehead atoms. The van der Waals surface area contributed by atoms with E-state index in [1.807, 2.05) is 60.7 Å². The van der Waals surface area contributed by atoms with Gasteiger partial charge in [-0.3, -0.25) is 9.59 Å². The Morgan fingerprint density at radius 1 is 0.961 bits per heavy atom. The van der Waals surface area contributed by atoms with E-state index in [-0.39, 0.29) is 43.5 Å². The number of esters is 1. The van der Waals surface area contributed by atoms with Crippen LogP contribution in [-0.4, -0.2) is 53.8 Å². The minimum Gasteiger partial charge on any atom is -0.494 e. The van der Waals surface area contributed by atoms with Gasteiger partial charge in [-0.2, -0.15) is 0 Å². The molecule has 1 amide bonds. The standard InChI is InChI=1S/C40H43N5O6/c1-39(2,3)51-35(47)23-24-40(38(48)42-27-33(28-13-6-4-7-14-28)29-15-8-5-9-16-29)36(32-17-10-11-18-34(32)44-45-41)50-37(43-40)30-19-21-31(22-20-30)49-26-12-25-46/h4-11,13-22,33,36,46H,12,23-27H2,1-3H3,(H,42,48)/t36-,40-/m1/s1. The maximum Gasteiger partial charge on any atom is 0.306 e. The minimum absolute atomic E-state index is 0.0202. The fourth-order valence-corrected chi connectivity index (χ4v) is 6.03. The van der Waals surface area contributed by atoms with Gasteiger partial charge in [-0.1, -0.05) is 90.0 Å². The Kier molecular flexibility index (Phi) is 12.1. The number of hydrogen-bond donors (Lipinski definition) is 2. The van der Waals surface area contributed by atoms with Crippen molar-refractivity contribution >= 4 is 23.5 Å². The lowest BCUT2D eigenvalue weighted by molar-refractivity contribution is -0.155. The molecule has 51 heavy (non-hydrogen) atoms. The number of aliphatic hydroxyl groups is 1. The highest BCUT2D eigenvalue weighted by Gasteiger charge is 2.54. The first-order valence-corrected chi connectivity index (χ1v) is 17.0. The average Bonchev–Trinajstić information content (AvgIpc) is 3.52. The second-order valence-corrected chi connectivity index (χ2v) is 13.2. The van der Waals surface area contributed by atoms with Crippen molar-refractivity contribution in [2.24, 2.45) is 10.1 Å². The SMILES string of the molecule is CC(C)(C)OC(=O)CC[C@@]1(C(=O)NCC(c2ccccc2)c2ccccc2)N=C(c2ccc(OCCCO)cc2)O[C@@H]1c1ccccc1N=[N+]=[N-]. The van der Waals surface area contributed by atoms with Gasteiger partial charge in [-0.15, -0.1) is 0 Å². The fraction of sp³-hybridized carbons (Fsp3) is 0.325. The number of carbonyl (C=O) groups is 2. The Balaban J connectivity index is 1.58. The number of amides is 1. The second kappa shape index (κ2) is 16.8. The number of carbonyl (C=O) groups excluding carboxylic acids is 2. The van der Waals surface area contributed by atoms with Crippen molar-refractivity contribution < 1.29 is 28.9 Å².